The maximum absolute atomic E-state index is 13.4. The number of sulfone groups is 1. The number of ketones is 2. The third-order valence-electron chi connectivity index (χ3n) is 4.93. The monoisotopic (exact) mass is 456 g/mol. The molecule has 3 aromatic carbocycles. The summed E-state index contributed by atoms with van der Waals surface area (Å²) in [5.74, 6) is -0.573. The molecule has 160 valence electrons. The van der Waals surface area contributed by atoms with Crippen molar-refractivity contribution in [2.75, 3.05) is 7.11 Å². The molecule has 0 spiro atoms. The normalized spacial score (nSPS) is 12.2. The molecule has 0 aromatic heterocycles. The largest absolute Gasteiger partial charge is 0.497 e. The second-order valence-corrected chi connectivity index (χ2v) is 9.64. The Morgan fingerprint density at radius 2 is 1.42 bits per heavy atom. The molecule has 0 aliphatic carbocycles. The maximum Gasteiger partial charge on any atom is 0.189 e. The molecule has 0 heterocycles. The van der Waals surface area contributed by atoms with Gasteiger partial charge in [0.2, 0.25) is 0 Å². The van der Waals surface area contributed by atoms with Crippen LogP contribution >= 0.6 is 11.6 Å². The molecule has 7 heteroatoms. The van der Waals surface area contributed by atoms with Crippen molar-refractivity contribution < 1.29 is 22.7 Å². The first kappa shape index (κ1) is 22.7. The number of hydrogen-bond acceptors (Lipinski definition) is 5. The first-order chi connectivity index (χ1) is 14.7. The predicted molar refractivity (Wildman–Crippen MR) is 120 cm³/mol. The van der Waals surface area contributed by atoms with Crippen molar-refractivity contribution in [1.82, 2.24) is 0 Å². The average Bonchev–Trinajstić information content (AvgIpc) is 2.77. The number of ether oxygens (including phenoxy) is 1. The zero-order chi connectivity index (χ0) is 22.6. The lowest BCUT2D eigenvalue weighted by atomic mass is 10.0. The highest BCUT2D eigenvalue weighted by atomic mass is 35.5. The predicted octanol–water partition coefficient (Wildman–Crippen LogP) is 4.96. The fourth-order valence-corrected chi connectivity index (χ4v) is 4.86. The summed E-state index contributed by atoms with van der Waals surface area (Å²) in [6, 6.07) is 18.5. The summed E-state index contributed by atoms with van der Waals surface area (Å²) in [6.07, 6.45) is -0.483. The molecular weight excluding hydrogens is 436 g/mol. The summed E-state index contributed by atoms with van der Waals surface area (Å²) < 4.78 is 31.9. The van der Waals surface area contributed by atoms with E-state index < -0.39 is 33.1 Å². The summed E-state index contributed by atoms with van der Waals surface area (Å²) >= 11 is 5.87. The number of halogens is 1. The standard InChI is InChI=1S/C24H21ClO5S/c1-16-3-13-21(14-4-16)31(28,29)23(15-22(26)17-5-9-19(25)10-6-17)24(27)18-7-11-20(30-2)12-8-18/h3-14,23H,15H2,1-2H3/t23-/m1/s1. The van der Waals surface area contributed by atoms with E-state index in [0.717, 1.165) is 5.56 Å². The van der Waals surface area contributed by atoms with Crippen LogP contribution in [0.3, 0.4) is 0 Å². The van der Waals surface area contributed by atoms with Gasteiger partial charge in [0.1, 0.15) is 11.0 Å². The minimum atomic E-state index is -4.12. The third-order valence-corrected chi connectivity index (χ3v) is 7.24. The van der Waals surface area contributed by atoms with Crippen molar-refractivity contribution in [2.24, 2.45) is 0 Å². The van der Waals surface area contributed by atoms with Crippen LogP contribution in [0.4, 0.5) is 0 Å². The molecule has 0 N–H and O–H groups in total. The lowest BCUT2D eigenvalue weighted by molar-refractivity contribution is 0.0920. The van der Waals surface area contributed by atoms with Crippen LogP contribution in [0.25, 0.3) is 0 Å². The van der Waals surface area contributed by atoms with E-state index in [1.807, 2.05) is 6.92 Å². The number of rotatable bonds is 8. The molecule has 0 radical (unpaired) electrons. The fourth-order valence-electron chi connectivity index (χ4n) is 3.10. The summed E-state index contributed by atoms with van der Waals surface area (Å²) in [5.41, 5.74) is 1.36. The molecule has 0 saturated heterocycles. The van der Waals surface area contributed by atoms with Gasteiger partial charge in [-0.1, -0.05) is 29.3 Å². The molecule has 0 amide bonds. The van der Waals surface area contributed by atoms with Crippen LogP contribution in [0.15, 0.2) is 77.7 Å². The lowest BCUT2D eigenvalue weighted by Crippen LogP contribution is -2.33. The SMILES string of the molecule is COc1ccc(C(=O)[C@@H](CC(=O)c2ccc(Cl)cc2)S(=O)(=O)c2ccc(C)cc2)cc1. The molecule has 0 saturated carbocycles. The van der Waals surface area contributed by atoms with E-state index >= 15 is 0 Å². The highest BCUT2D eigenvalue weighted by Gasteiger charge is 2.36. The van der Waals surface area contributed by atoms with Gasteiger partial charge in [0.25, 0.3) is 0 Å². The van der Waals surface area contributed by atoms with Gasteiger partial charge in [-0.25, -0.2) is 8.42 Å². The topological polar surface area (TPSA) is 77.5 Å². The second kappa shape index (κ2) is 9.45. The Bertz CT molecular complexity index is 1180. The van der Waals surface area contributed by atoms with Gasteiger partial charge < -0.3 is 4.74 Å². The Morgan fingerprint density at radius 3 is 1.97 bits per heavy atom. The quantitative estimate of drug-likeness (QED) is 0.448. The van der Waals surface area contributed by atoms with E-state index in [1.54, 1.807) is 36.4 Å². The van der Waals surface area contributed by atoms with E-state index in [4.69, 9.17) is 16.3 Å². The van der Waals surface area contributed by atoms with Crippen molar-refractivity contribution in [3.05, 3.63) is 94.5 Å². The summed E-state index contributed by atoms with van der Waals surface area (Å²) in [5, 5.41) is -1.11. The summed E-state index contributed by atoms with van der Waals surface area (Å²) in [6.45, 7) is 1.83. The average molecular weight is 457 g/mol. The maximum atomic E-state index is 13.4. The smallest absolute Gasteiger partial charge is 0.189 e. The number of carbonyl (C=O) groups excluding carboxylic acids is 2. The Labute approximate surface area is 186 Å². The Kier molecular flexibility index (Phi) is 6.93. The molecule has 0 unspecified atom stereocenters. The Hall–Kier alpha value is -2.96. The first-order valence-corrected chi connectivity index (χ1v) is 11.4. The van der Waals surface area contributed by atoms with Crippen molar-refractivity contribution in [3.8, 4) is 5.75 Å². The molecule has 0 bridgehead atoms. The van der Waals surface area contributed by atoms with Crippen LogP contribution in [-0.4, -0.2) is 32.3 Å². The first-order valence-electron chi connectivity index (χ1n) is 9.50. The van der Waals surface area contributed by atoms with Crippen LogP contribution in [0.1, 0.15) is 32.7 Å². The minimum Gasteiger partial charge on any atom is -0.497 e. The Balaban J connectivity index is 2.01. The van der Waals surface area contributed by atoms with E-state index in [-0.39, 0.29) is 16.0 Å². The van der Waals surface area contributed by atoms with Gasteiger partial charge in [0.05, 0.1) is 12.0 Å². The molecule has 31 heavy (non-hydrogen) atoms. The van der Waals surface area contributed by atoms with E-state index in [2.05, 4.69) is 0 Å². The van der Waals surface area contributed by atoms with Gasteiger partial charge in [-0.05, 0) is 67.6 Å². The van der Waals surface area contributed by atoms with Gasteiger partial charge in [0.15, 0.2) is 21.4 Å². The number of methoxy groups -OCH3 is 1. The van der Waals surface area contributed by atoms with Crippen molar-refractivity contribution in [1.29, 1.82) is 0 Å². The molecule has 3 aromatic rings. The van der Waals surface area contributed by atoms with E-state index in [9.17, 15) is 18.0 Å². The molecule has 0 aliphatic rings. The van der Waals surface area contributed by atoms with Crippen LogP contribution in [0.2, 0.25) is 5.02 Å². The summed E-state index contributed by atoms with van der Waals surface area (Å²) in [7, 11) is -2.63. The fraction of sp³-hybridized carbons (Fsp3) is 0.167. The van der Waals surface area contributed by atoms with E-state index in [0.29, 0.717) is 10.8 Å². The van der Waals surface area contributed by atoms with Gasteiger partial charge in [-0.2, -0.15) is 0 Å². The minimum absolute atomic E-state index is 0.00568. The van der Waals surface area contributed by atoms with Crippen molar-refractivity contribution >= 4 is 33.0 Å². The van der Waals surface area contributed by atoms with Crippen molar-refractivity contribution in [2.45, 2.75) is 23.5 Å². The molecular formula is C24H21ClO5S. The number of hydrogen-bond donors (Lipinski definition) is 0. The molecule has 0 fully saturated rings. The van der Waals surface area contributed by atoms with Crippen molar-refractivity contribution in [3.63, 3.8) is 0 Å². The van der Waals surface area contributed by atoms with Crippen LogP contribution in [0, 0.1) is 6.92 Å². The number of carbonyl (C=O) groups is 2. The van der Waals surface area contributed by atoms with Gasteiger partial charge in [0, 0.05) is 22.6 Å². The van der Waals surface area contributed by atoms with Crippen LogP contribution in [0.5, 0.6) is 5.75 Å². The van der Waals surface area contributed by atoms with Crippen LogP contribution in [-0.2, 0) is 9.84 Å². The lowest BCUT2D eigenvalue weighted by Gasteiger charge is -2.17. The Morgan fingerprint density at radius 1 is 0.871 bits per heavy atom. The molecule has 3 rings (SSSR count). The van der Waals surface area contributed by atoms with Gasteiger partial charge >= 0.3 is 0 Å². The van der Waals surface area contributed by atoms with Gasteiger partial charge in [-0.15, -0.1) is 0 Å². The molecule has 5 nitrogen and oxygen atoms in total. The van der Waals surface area contributed by atoms with E-state index in [1.165, 1.54) is 43.5 Å². The highest BCUT2D eigenvalue weighted by Crippen LogP contribution is 2.25. The number of Topliss-reactive ketones (excluding diaryl/α,β-unsaturated/α-hetero) is 2. The van der Waals surface area contributed by atoms with Gasteiger partial charge in [-0.3, -0.25) is 9.59 Å². The molecule has 0 aliphatic heterocycles. The zero-order valence-corrected chi connectivity index (χ0v) is 18.6. The van der Waals surface area contributed by atoms with Crippen LogP contribution < -0.4 is 4.74 Å². The number of benzene rings is 3. The third kappa shape index (κ3) is 5.21. The molecule has 1 atom stereocenters. The second-order valence-electron chi connectivity index (χ2n) is 7.07. The highest BCUT2D eigenvalue weighted by molar-refractivity contribution is 7.92. The zero-order valence-electron chi connectivity index (χ0n) is 17.0. The summed E-state index contributed by atoms with van der Waals surface area (Å²) in [4.78, 5) is 26.1. The number of aryl methyl sites for hydroxylation is 1.